The van der Waals surface area contributed by atoms with Gasteiger partial charge in [0.15, 0.2) is 11.5 Å². The molecule has 172 valence electrons. The number of hydrogen-bond acceptors (Lipinski definition) is 5. The number of benzene rings is 2. The van der Waals surface area contributed by atoms with Gasteiger partial charge < -0.3 is 29.0 Å². The van der Waals surface area contributed by atoms with Crippen molar-refractivity contribution in [2.45, 2.75) is 20.4 Å². The van der Waals surface area contributed by atoms with Gasteiger partial charge >= 0.3 is 0 Å². The summed E-state index contributed by atoms with van der Waals surface area (Å²) in [5.41, 5.74) is 4.85. The molecular weight excluding hydrogens is 425 g/mol. The van der Waals surface area contributed by atoms with Gasteiger partial charge in [-0.15, -0.1) is 0 Å². The second-order valence-electron chi connectivity index (χ2n) is 8.25. The Morgan fingerprint density at radius 2 is 1.85 bits per heavy atom. The van der Waals surface area contributed by atoms with E-state index in [0.717, 1.165) is 35.6 Å². The molecule has 2 aliphatic rings. The van der Waals surface area contributed by atoms with Gasteiger partial charge in [0, 0.05) is 42.6 Å². The second-order valence-corrected chi connectivity index (χ2v) is 8.25. The Morgan fingerprint density at radius 1 is 1.06 bits per heavy atom. The minimum atomic E-state index is -0.297. The molecule has 1 N–H and O–H groups in total. The number of fused-ring (bicyclic) bond motifs is 1. The third-order valence-corrected chi connectivity index (χ3v) is 6.13. The van der Waals surface area contributed by atoms with Crippen LogP contribution in [0.4, 0.5) is 15.8 Å². The Balaban J connectivity index is 1.53. The predicted octanol–water partition coefficient (Wildman–Crippen LogP) is 4.11. The van der Waals surface area contributed by atoms with Crippen LogP contribution in [0.2, 0.25) is 0 Å². The molecular formula is C25H26FN3O4. The average Bonchev–Trinajstić information content (AvgIpc) is 3.36. The smallest absolute Gasteiger partial charge is 0.272 e. The molecule has 0 atom stereocenters. The molecule has 0 saturated carbocycles. The first-order valence-electron chi connectivity index (χ1n) is 11.0. The molecule has 1 fully saturated rings. The van der Waals surface area contributed by atoms with E-state index < -0.39 is 0 Å². The van der Waals surface area contributed by atoms with Gasteiger partial charge in [0.25, 0.3) is 5.91 Å². The maximum absolute atomic E-state index is 13.9. The molecule has 33 heavy (non-hydrogen) atoms. The lowest BCUT2D eigenvalue weighted by Gasteiger charge is -2.29. The number of nitrogens with one attached hydrogen (secondary N) is 1. The number of nitrogens with zero attached hydrogens (tertiary/aromatic N) is 2. The van der Waals surface area contributed by atoms with Crippen LogP contribution in [0, 0.1) is 19.7 Å². The number of ether oxygens (including phenoxy) is 3. The van der Waals surface area contributed by atoms with Crippen LogP contribution in [0.25, 0.3) is 0 Å². The van der Waals surface area contributed by atoms with Gasteiger partial charge in [-0.2, -0.15) is 0 Å². The first-order valence-corrected chi connectivity index (χ1v) is 11.0. The molecule has 0 bridgehead atoms. The van der Waals surface area contributed by atoms with Crippen molar-refractivity contribution >= 4 is 17.3 Å². The summed E-state index contributed by atoms with van der Waals surface area (Å²) >= 11 is 0. The van der Waals surface area contributed by atoms with Crippen LogP contribution < -0.4 is 19.7 Å². The van der Waals surface area contributed by atoms with E-state index in [1.807, 2.05) is 24.5 Å². The van der Waals surface area contributed by atoms with Crippen molar-refractivity contribution in [2.75, 3.05) is 43.3 Å². The molecule has 1 amide bonds. The molecule has 0 unspecified atom stereocenters. The summed E-state index contributed by atoms with van der Waals surface area (Å²) in [6.07, 6.45) is 0. The summed E-state index contributed by atoms with van der Waals surface area (Å²) in [5.74, 6) is 0.730. The van der Waals surface area contributed by atoms with E-state index in [1.54, 1.807) is 24.3 Å². The first-order chi connectivity index (χ1) is 16.0. The molecule has 3 aromatic rings. The van der Waals surface area contributed by atoms with Crippen LogP contribution in [0.15, 0.2) is 42.5 Å². The van der Waals surface area contributed by atoms with Crippen LogP contribution in [-0.4, -0.2) is 43.6 Å². The highest BCUT2D eigenvalue weighted by molar-refractivity contribution is 6.05. The fraction of sp³-hybridized carbons (Fsp3) is 0.320. The lowest BCUT2D eigenvalue weighted by atomic mass is 10.1. The topological polar surface area (TPSA) is 65.0 Å². The van der Waals surface area contributed by atoms with Gasteiger partial charge in [0.05, 0.1) is 18.9 Å². The number of halogens is 1. The van der Waals surface area contributed by atoms with E-state index in [9.17, 15) is 9.18 Å². The number of aromatic nitrogens is 1. The third-order valence-electron chi connectivity index (χ3n) is 6.13. The van der Waals surface area contributed by atoms with E-state index in [4.69, 9.17) is 14.2 Å². The number of rotatable bonds is 5. The van der Waals surface area contributed by atoms with E-state index in [0.29, 0.717) is 42.6 Å². The minimum absolute atomic E-state index is 0.171. The summed E-state index contributed by atoms with van der Waals surface area (Å²) in [4.78, 5) is 15.8. The number of carbonyl (C=O) groups is 1. The molecule has 2 aromatic carbocycles. The Kier molecular flexibility index (Phi) is 5.68. The Labute approximate surface area is 191 Å². The van der Waals surface area contributed by atoms with Gasteiger partial charge in [-0.3, -0.25) is 4.79 Å². The summed E-state index contributed by atoms with van der Waals surface area (Å²) in [5, 5.41) is 3.00. The summed E-state index contributed by atoms with van der Waals surface area (Å²) in [6, 6.07) is 11.8. The number of hydrogen-bond donors (Lipinski definition) is 1. The number of amides is 1. The normalized spacial score (nSPS) is 15.1. The fourth-order valence-electron chi connectivity index (χ4n) is 4.61. The maximum Gasteiger partial charge on any atom is 0.272 e. The number of anilines is 2. The van der Waals surface area contributed by atoms with E-state index in [-0.39, 0.29) is 18.5 Å². The zero-order valence-corrected chi connectivity index (χ0v) is 18.7. The van der Waals surface area contributed by atoms with E-state index in [2.05, 4.69) is 10.2 Å². The van der Waals surface area contributed by atoms with Gasteiger partial charge in [-0.05, 0) is 43.7 Å². The van der Waals surface area contributed by atoms with Gasteiger partial charge in [0.1, 0.15) is 11.5 Å². The third kappa shape index (κ3) is 4.14. The lowest BCUT2D eigenvalue weighted by molar-refractivity contribution is 0.101. The van der Waals surface area contributed by atoms with Crippen molar-refractivity contribution in [3.63, 3.8) is 0 Å². The van der Waals surface area contributed by atoms with Crippen LogP contribution in [0.3, 0.4) is 0 Å². The van der Waals surface area contributed by atoms with Crippen molar-refractivity contribution in [2.24, 2.45) is 0 Å². The zero-order valence-electron chi connectivity index (χ0n) is 18.7. The van der Waals surface area contributed by atoms with E-state index >= 15 is 0 Å². The quantitative estimate of drug-likeness (QED) is 0.633. The summed E-state index contributed by atoms with van der Waals surface area (Å²) in [7, 11) is 0. The molecule has 8 heteroatoms. The monoisotopic (exact) mass is 451 g/mol. The molecule has 0 radical (unpaired) electrons. The fourth-order valence-corrected chi connectivity index (χ4v) is 4.61. The van der Waals surface area contributed by atoms with Crippen LogP contribution >= 0.6 is 0 Å². The second kappa shape index (κ2) is 8.78. The van der Waals surface area contributed by atoms with Gasteiger partial charge in [-0.1, -0.05) is 12.1 Å². The van der Waals surface area contributed by atoms with Crippen molar-refractivity contribution in [3.8, 4) is 11.5 Å². The molecule has 0 aliphatic carbocycles. The van der Waals surface area contributed by atoms with Crippen molar-refractivity contribution < 1.29 is 23.4 Å². The van der Waals surface area contributed by atoms with Crippen molar-refractivity contribution in [1.29, 1.82) is 0 Å². The van der Waals surface area contributed by atoms with Crippen molar-refractivity contribution in [1.82, 2.24) is 4.57 Å². The summed E-state index contributed by atoms with van der Waals surface area (Å²) in [6.45, 7) is 7.34. The maximum atomic E-state index is 13.9. The molecule has 5 rings (SSSR count). The summed E-state index contributed by atoms with van der Waals surface area (Å²) < 4.78 is 32.1. The molecule has 2 aliphatic heterocycles. The molecule has 0 spiro atoms. The zero-order chi connectivity index (χ0) is 22.9. The highest BCUT2D eigenvalue weighted by Gasteiger charge is 2.27. The number of morpholine rings is 1. The SMILES string of the molecule is Cc1c(N2CCOCC2)c(C)n(Cc2cccc(F)c2)c1C(=O)Nc1ccc2c(c1)OCO2. The predicted molar refractivity (Wildman–Crippen MR) is 123 cm³/mol. The van der Waals surface area contributed by atoms with Gasteiger partial charge in [0.2, 0.25) is 6.79 Å². The average molecular weight is 451 g/mol. The van der Waals surface area contributed by atoms with E-state index in [1.165, 1.54) is 12.1 Å². The van der Waals surface area contributed by atoms with Crippen LogP contribution in [-0.2, 0) is 11.3 Å². The molecule has 1 aromatic heterocycles. The molecule has 1 saturated heterocycles. The van der Waals surface area contributed by atoms with Gasteiger partial charge in [-0.25, -0.2) is 4.39 Å². The highest BCUT2D eigenvalue weighted by atomic mass is 19.1. The molecule has 3 heterocycles. The first kappa shape index (κ1) is 21.3. The van der Waals surface area contributed by atoms with Crippen LogP contribution in [0.5, 0.6) is 11.5 Å². The Bertz CT molecular complexity index is 1200. The Morgan fingerprint density at radius 3 is 2.64 bits per heavy atom. The van der Waals surface area contributed by atoms with Crippen LogP contribution in [0.1, 0.15) is 27.3 Å². The lowest BCUT2D eigenvalue weighted by Crippen LogP contribution is -2.36. The molecule has 7 nitrogen and oxygen atoms in total. The number of carbonyl (C=O) groups excluding carboxylic acids is 1. The van der Waals surface area contributed by atoms with Crippen molar-refractivity contribution in [3.05, 3.63) is 70.8 Å². The Hall–Kier alpha value is -3.52. The largest absolute Gasteiger partial charge is 0.454 e. The standard InChI is InChI=1S/C25H26FN3O4/c1-16-23(28-8-10-31-11-9-28)17(2)29(14-18-4-3-5-19(26)12-18)24(16)25(30)27-20-6-7-21-22(13-20)33-15-32-21/h3-7,12-13H,8-11,14-15H2,1-2H3,(H,27,30). The minimum Gasteiger partial charge on any atom is -0.454 e. The highest BCUT2D eigenvalue weighted by Crippen LogP contribution is 2.36.